The van der Waals surface area contributed by atoms with E-state index in [1.165, 1.54) is 0 Å². The fraction of sp³-hybridized carbons (Fsp3) is 0.308. The van der Waals surface area contributed by atoms with Gasteiger partial charge in [-0.1, -0.05) is 12.1 Å². The van der Waals surface area contributed by atoms with Crippen LogP contribution >= 0.6 is 0 Å². The summed E-state index contributed by atoms with van der Waals surface area (Å²) in [4.78, 5) is 10.6. The molecule has 0 aliphatic carbocycles. The Balaban J connectivity index is 2.21. The molecule has 1 N–H and O–H groups in total. The minimum Gasteiger partial charge on any atom is -0.376 e. The first-order valence-electron chi connectivity index (χ1n) is 5.97. The summed E-state index contributed by atoms with van der Waals surface area (Å²) in [5, 5.41) is 18.3. The lowest BCUT2D eigenvalue weighted by atomic mass is 10.0. The van der Waals surface area contributed by atoms with Crippen LogP contribution in [0.1, 0.15) is 24.1 Å². The Bertz CT molecular complexity index is 606. The summed E-state index contributed by atoms with van der Waals surface area (Å²) < 4.78 is 1.70. The third-order valence-corrected chi connectivity index (χ3v) is 3.02. The van der Waals surface area contributed by atoms with Crippen molar-refractivity contribution in [3.63, 3.8) is 0 Å². The molecule has 0 radical (unpaired) electrons. The van der Waals surface area contributed by atoms with Gasteiger partial charge in [0.2, 0.25) is 0 Å². The van der Waals surface area contributed by atoms with Crippen LogP contribution in [0.15, 0.2) is 30.6 Å². The Morgan fingerprint density at radius 2 is 2.21 bits per heavy atom. The van der Waals surface area contributed by atoms with Gasteiger partial charge in [0, 0.05) is 30.9 Å². The molecule has 0 aliphatic heterocycles. The number of aryl methyl sites for hydroxylation is 2. The highest BCUT2D eigenvalue weighted by atomic mass is 16.6. The average molecular weight is 260 g/mol. The van der Waals surface area contributed by atoms with Gasteiger partial charge in [-0.25, -0.2) is 0 Å². The largest absolute Gasteiger partial charge is 0.376 e. The molecule has 0 saturated carbocycles. The molecule has 2 rings (SSSR count). The van der Waals surface area contributed by atoms with Crippen molar-refractivity contribution in [1.29, 1.82) is 0 Å². The SMILES string of the molecule is Cc1ccc(C(C)Nc2cnn(C)c2)cc1[N+](=O)[O-]. The molecule has 1 aromatic heterocycles. The lowest BCUT2D eigenvalue weighted by Crippen LogP contribution is -2.07. The molecule has 0 bridgehead atoms. The van der Waals surface area contributed by atoms with E-state index in [1.807, 2.05) is 26.2 Å². The molecule has 1 heterocycles. The van der Waals surface area contributed by atoms with Gasteiger partial charge in [0.05, 0.1) is 16.8 Å². The number of nitrogens with one attached hydrogen (secondary N) is 1. The van der Waals surface area contributed by atoms with Gasteiger partial charge in [-0.3, -0.25) is 14.8 Å². The van der Waals surface area contributed by atoms with E-state index in [4.69, 9.17) is 0 Å². The van der Waals surface area contributed by atoms with Crippen molar-refractivity contribution in [2.45, 2.75) is 19.9 Å². The molecular formula is C13H16N4O2. The van der Waals surface area contributed by atoms with Crippen LogP contribution in [0.3, 0.4) is 0 Å². The highest BCUT2D eigenvalue weighted by Crippen LogP contribution is 2.25. The predicted molar refractivity (Wildman–Crippen MR) is 73.1 cm³/mol. The summed E-state index contributed by atoms with van der Waals surface area (Å²) >= 11 is 0. The van der Waals surface area contributed by atoms with Crippen molar-refractivity contribution in [3.05, 3.63) is 51.8 Å². The van der Waals surface area contributed by atoms with Crippen molar-refractivity contribution in [2.24, 2.45) is 7.05 Å². The van der Waals surface area contributed by atoms with E-state index in [-0.39, 0.29) is 16.7 Å². The van der Waals surface area contributed by atoms with Crippen LogP contribution in [-0.2, 0) is 7.05 Å². The molecule has 6 nitrogen and oxygen atoms in total. The number of hydrogen-bond acceptors (Lipinski definition) is 4. The normalized spacial score (nSPS) is 12.2. The second-order valence-electron chi connectivity index (χ2n) is 4.57. The zero-order valence-electron chi connectivity index (χ0n) is 11.1. The quantitative estimate of drug-likeness (QED) is 0.677. The number of hydrogen-bond donors (Lipinski definition) is 1. The van der Waals surface area contributed by atoms with Gasteiger partial charge in [-0.15, -0.1) is 0 Å². The van der Waals surface area contributed by atoms with Crippen LogP contribution in [0.5, 0.6) is 0 Å². The summed E-state index contributed by atoms with van der Waals surface area (Å²) in [5.74, 6) is 0. The fourth-order valence-corrected chi connectivity index (χ4v) is 1.92. The maximum Gasteiger partial charge on any atom is 0.272 e. The second kappa shape index (κ2) is 5.09. The minimum atomic E-state index is -0.352. The first kappa shape index (κ1) is 13.1. The Labute approximate surface area is 111 Å². The first-order valence-corrected chi connectivity index (χ1v) is 5.97. The number of benzene rings is 1. The molecule has 6 heteroatoms. The molecule has 1 unspecified atom stereocenters. The minimum absolute atomic E-state index is 0.0245. The third kappa shape index (κ3) is 2.90. The Morgan fingerprint density at radius 1 is 1.47 bits per heavy atom. The molecule has 0 fully saturated rings. The fourth-order valence-electron chi connectivity index (χ4n) is 1.92. The lowest BCUT2D eigenvalue weighted by molar-refractivity contribution is -0.385. The number of anilines is 1. The third-order valence-electron chi connectivity index (χ3n) is 3.02. The Hall–Kier alpha value is -2.37. The van der Waals surface area contributed by atoms with E-state index in [2.05, 4.69) is 10.4 Å². The van der Waals surface area contributed by atoms with Gasteiger partial charge in [0.1, 0.15) is 0 Å². The molecule has 1 atom stereocenters. The van der Waals surface area contributed by atoms with E-state index >= 15 is 0 Å². The number of nitro benzene ring substituents is 1. The molecule has 19 heavy (non-hydrogen) atoms. The van der Waals surface area contributed by atoms with Gasteiger partial charge in [-0.2, -0.15) is 5.10 Å². The number of nitro groups is 1. The molecule has 100 valence electrons. The van der Waals surface area contributed by atoms with Crippen LogP contribution in [0.25, 0.3) is 0 Å². The molecule has 1 aromatic carbocycles. The molecule has 0 amide bonds. The van der Waals surface area contributed by atoms with E-state index in [1.54, 1.807) is 29.9 Å². The summed E-state index contributed by atoms with van der Waals surface area (Å²) in [6.07, 6.45) is 3.58. The van der Waals surface area contributed by atoms with Gasteiger partial charge in [0.15, 0.2) is 0 Å². The summed E-state index contributed by atoms with van der Waals surface area (Å²) in [7, 11) is 1.84. The molecule has 0 saturated heterocycles. The summed E-state index contributed by atoms with van der Waals surface area (Å²) in [5.41, 5.74) is 2.58. The van der Waals surface area contributed by atoms with Gasteiger partial charge in [-0.05, 0) is 19.4 Å². The predicted octanol–water partition coefficient (Wildman–Crippen LogP) is 2.81. The Morgan fingerprint density at radius 3 is 2.79 bits per heavy atom. The first-order chi connectivity index (χ1) is 8.97. The van der Waals surface area contributed by atoms with E-state index < -0.39 is 0 Å². The van der Waals surface area contributed by atoms with Gasteiger partial charge < -0.3 is 5.32 Å². The highest BCUT2D eigenvalue weighted by molar-refractivity contribution is 5.46. The lowest BCUT2D eigenvalue weighted by Gasteiger charge is -2.14. The number of rotatable bonds is 4. The number of aromatic nitrogens is 2. The van der Waals surface area contributed by atoms with E-state index in [0.717, 1.165) is 11.3 Å². The van der Waals surface area contributed by atoms with Crippen molar-refractivity contribution in [2.75, 3.05) is 5.32 Å². The van der Waals surface area contributed by atoms with Gasteiger partial charge >= 0.3 is 0 Å². The highest BCUT2D eigenvalue weighted by Gasteiger charge is 2.14. The van der Waals surface area contributed by atoms with Crippen LogP contribution in [0, 0.1) is 17.0 Å². The van der Waals surface area contributed by atoms with Gasteiger partial charge in [0.25, 0.3) is 5.69 Å². The summed E-state index contributed by atoms with van der Waals surface area (Å²) in [6.45, 7) is 3.70. The molecular weight excluding hydrogens is 244 g/mol. The number of nitrogens with zero attached hydrogens (tertiary/aromatic N) is 3. The van der Waals surface area contributed by atoms with Crippen LogP contribution in [0.4, 0.5) is 11.4 Å². The Kier molecular flexibility index (Phi) is 3.50. The maximum absolute atomic E-state index is 10.9. The molecule has 0 aliphatic rings. The standard InChI is InChI=1S/C13H16N4O2/c1-9-4-5-11(6-13(9)17(18)19)10(2)15-12-7-14-16(3)8-12/h4-8,10,15H,1-3H3. The topological polar surface area (TPSA) is 73.0 Å². The maximum atomic E-state index is 10.9. The van der Waals surface area contributed by atoms with Crippen molar-refractivity contribution >= 4 is 11.4 Å². The smallest absolute Gasteiger partial charge is 0.272 e. The molecule has 0 spiro atoms. The van der Waals surface area contributed by atoms with E-state index in [0.29, 0.717) is 5.56 Å². The van der Waals surface area contributed by atoms with Crippen LogP contribution in [-0.4, -0.2) is 14.7 Å². The van der Waals surface area contributed by atoms with Crippen LogP contribution < -0.4 is 5.32 Å². The zero-order valence-corrected chi connectivity index (χ0v) is 11.1. The monoisotopic (exact) mass is 260 g/mol. The van der Waals surface area contributed by atoms with Crippen LogP contribution in [0.2, 0.25) is 0 Å². The zero-order chi connectivity index (χ0) is 14.0. The van der Waals surface area contributed by atoms with Crippen molar-refractivity contribution in [3.8, 4) is 0 Å². The van der Waals surface area contributed by atoms with Crippen molar-refractivity contribution in [1.82, 2.24) is 9.78 Å². The van der Waals surface area contributed by atoms with E-state index in [9.17, 15) is 10.1 Å². The second-order valence-corrected chi connectivity index (χ2v) is 4.57. The van der Waals surface area contributed by atoms with Crippen molar-refractivity contribution < 1.29 is 4.92 Å². The average Bonchev–Trinajstić information content (AvgIpc) is 2.74. The summed E-state index contributed by atoms with van der Waals surface area (Å²) in [6, 6.07) is 5.26. The molecule has 2 aromatic rings.